The molecule has 0 saturated carbocycles. The van der Waals surface area contributed by atoms with Crippen molar-refractivity contribution in [1.82, 2.24) is 10.2 Å². The highest BCUT2D eigenvalue weighted by molar-refractivity contribution is 7.18. The smallest absolute Gasteiger partial charge is 0.207 e. The highest BCUT2D eigenvalue weighted by Crippen LogP contribution is 2.14. The molecule has 8 heavy (non-hydrogen) atoms. The Labute approximate surface area is 50.7 Å². The zero-order chi connectivity index (χ0) is 5.98. The van der Waals surface area contributed by atoms with E-state index in [4.69, 9.17) is 5.73 Å². The first kappa shape index (κ1) is 5.30. The molecule has 0 amide bonds. The molecule has 1 heterocycles. The van der Waals surface area contributed by atoms with Crippen molar-refractivity contribution in [2.45, 2.75) is 0 Å². The summed E-state index contributed by atoms with van der Waals surface area (Å²) in [4.78, 5) is 0. The van der Waals surface area contributed by atoms with Crippen LogP contribution in [0.2, 0.25) is 0 Å². The van der Waals surface area contributed by atoms with Gasteiger partial charge in [0.2, 0.25) is 10.3 Å². The van der Waals surface area contributed by atoms with E-state index < -0.39 is 0 Å². The Morgan fingerprint density at radius 1 is 1.62 bits per heavy atom. The van der Waals surface area contributed by atoms with E-state index in [2.05, 4.69) is 15.5 Å². The van der Waals surface area contributed by atoms with Crippen molar-refractivity contribution in [2.24, 2.45) is 0 Å². The zero-order valence-electron chi connectivity index (χ0n) is 4.38. The van der Waals surface area contributed by atoms with Gasteiger partial charge in [-0.3, -0.25) is 0 Å². The Bertz CT molecular complexity index is 172. The van der Waals surface area contributed by atoms with Gasteiger partial charge in [0.15, 0.2) is 0 Å². The Morgan fingerprint density at radius 3 is 2.62 bits per heavy atom. The lowest BCUT2D eigenvalue weighted by atomic mass is 11.1. The van der Waals surface area contributed by atoms with Crippen molar-refractivity contribution < 1.29 is 0 Å². The number of nitrogens with one attached hydrogen (secondary N) is 1. The summed E-state index contributed by atoms with van der Waals surface area (Å²) < 4.78 is 0. The number of nitrogens with two attached hydrogens (primary N) is 1. The molecular weight excluding hydrogens is 124 g/mol. The minimum Gasteiger partial charge on any atom is -0.374 e. The molecule has 1 aromatic rings. The lowest BCUT2D eigenvalue weighted by Crippen LogP contribution is -1.84. The monoisotopic (exact) mass is 130 g/mol. The van der Waals surface area contributed by atoms with E-state index in [1.165, 1.54) is 11.3 Å². The fourth-order valence-electron chi connectivity index (χ4n) is 0.336. The summed E-state index contributed by atoms with van der Waals surface area (Å²) in [5.74, 6) is 0. The summed E-state index contributed by atoms with van der Waals surface area (Å²) in [6.45, 7) is 0. The maximum atomic E-state index is 5.26. The van der Waals surface area contributed by atoms with Crippen LogP contribution in [0.1, 0.15) is 0 Å². The third-order valence-electron chi connectivity index (χ3n) is 0.654. The third kappa shape index (κ3) is 0.865. The van der Waals surface area contributed by atoms with Gasteiger partial charge in [-0.2, -0.15) is 0 Å². The van der Waals surface area contributed by atoms with Crippen LogP contribution in [-0.2, 0) is 0 Å². The van der Waals surface area contributed by atoms with Gasteiger partial charge < -0.3 is 11.1 Å². The van der Waals surface area contributed by atoms with Crippen molar-refractivity contribution in [2.75, 3.05) is 18.1 Å². The van der Waals surface area contributed by atoms with Gasteiger partial charge in [-0.15, -0.1) is 10.2 Å². The molecule has 0 atom stereocenters. The molecule has 1 aromatic heterocycles. The third-order valence-corrected chi connectivity index (χ3v) is 1.42. The number of aromatic nitrogens is 2. The van der Waals surface area contributed by atoms with Crippen molar-refractivity contribution in [3.63, 3.8) is 0 Å². The average Bonchev–Trinajstić information content (AvgIpc) is 2.14. The molecule has 0 saturated heterocycles. The Kier molecular flexibility index (Phi) is 1.29. The summed E-state index contributed by atoms with van der Waals surface area (Å²) in [5.41, 5.74) is 5.26. The van der Waals surface area contributed by atoms with Crippen molar-refractivity contribution in [1.29, 1.82) is 0 Å². The molecule has 0 spiro atoms. The van der Waals surface area contributed by atoms with E-state index in [1.807, 2.05) is 0 Å². The molecule has 0 unspecified atom stereocenters. The summed E-state index contributed by atoms with van der Waals surface area (Å²) in [6, 6.07) is 0. The predicted octanol–water partition coefficient (Wildman–Crippen LogP) is 0.162. The van der Waals surface area contributed by atoms with Gasteiger partial charge in [-0.05, 0) is 0 Å². The molecule has 0 fully saturated rings. The van der Waals surface area contributed by atoms with Gasteiger partial charge in [0.1, 0.15) is 0 Å². The van der Waals surface area contributed by atoms with Gasteiger partial charge in [-0.1, -0.05) is 11.3 Å². The predicted molar refractivity (Wildman–Crippen MR) is 33.9 cm³/mol. The van der Waals surface area contributed by atoms with Gasteiger partial charge in [0.25, 0.3) is 0 Å². The second kappa shape index (κ2) is 1.95. The molecule has 5 heteroatoms. The van der Waals surface area contributed by atoms with E-state index in [9.17, 15) is 0 Å². The lowest BCUT2D eigenvalue weighted by Gasteiger charge is -1.82. The van der Waals surface area contributed by atoms with Crippen LogP contribution in [-0.4, -0.2) is 17.2 Å². The first-order chi connectivity index (χ1) is 3.83. The van der Waals surface area contributed by atoms with Crippen LogP contribution in [0.4, 0.5) is 10.3 Å². The van der Waals surface area contributed by atoms with E-state index in [0.717, 1.165) is 5.13 Å². The summed E-state index contributed by atoms with van der Waals surface area (Å²) in [5, 5.41) is 11.3. The first-order valence-electron chi connectivity index (χ1n) is 2.09. The number of anilines is 2. The number of nitrogen functional groups attached to an aromatic ring is 1. The van der Waals surface area contributed by atoms with Crippen LogP contribution < -0.4 is 11.1 Å². The van der Waals surface area contributed by atoms with E-state index in [-0.39, 0.29) is 0 Å². The summed E-state index contributed by atoms with van der Waals surface area (Å²) >= 11 is 1.33. The van der Waals surface area contributed by atoms with Gasteiger partial charge in [-0.25, -0.2) is 0 Å². The first-order valence-corrected chi connectivity index (χ1v) is 2.91. The zero-order valence-corrected chi connectivity index (χ0v) is 5.20. The Hall–Kier alpha value is -0.840. The highest BCUT2D eigenvalue weighted by atomic mass is 32.1. The molecule has 4 nitrogen and oxygen atoms in total. The minimum atomic E-state index is 0.495. The number of hydrogen-bond donors (Lipinski definition) is 2. The van der Waals surface area contributed by atoms with Crippen LogP contribution in [0.5, 0.6) is 0 Å². The summed E-state index contributed by atoms with van der Waals surface area (Å²) in [6.07, 6.45) is 0. The van der Waals surface area contributed by atoms with Crippen molar-refractivity contribution in [3.05, 3.63) is 0 Å². The van der Waals surface area contributed by atoms with Crippen LogP contribution in [0.25, 0.3) is 0 Å². The van der Waals surface area contributed by atoms with E-state index >= 15 is 0 Å². The van der Waals surface area contributed by atoms with Crippen molar-refractivity contribution >= 4 is 21.6 Å². The van der Waals surface area contributed by atoms with Gasteiger partial charge >= 0.3 is 0 Å². The lowest BCUT2D eigenvalue weighted by molar-refractivity contribution is 1.10. The maximum absolute atomic E-state index is 5.26. The maximum Gasteiger partial charge on any atom is 0.207 e. The molecular formula is C3H6N4S. The van der Waals surface area contributed by atoms with E-state index in [1.54, 1.807) is 7.05 Å². The highest BCUT2D eigenvalue weighted by Gasteiger charge is 1.93. The second-order valence-corrected chi connectivity index (χ2v) is 2.20. The minimum absolute atomic E-state index is 0.495. The molecule has 3 N–H and O–H groups in total. The molecule has 0 aliphatic carbocycles. The molecule has 0 radical (unpaired) electrons. The molecule has 0 bridgehead atoms. The van der Waals surface area contributed by atoms with Gasteiger partial charge in [0, 0.05) is 7.05 Å². The largest absolute Gasteiger partial charge is 0.374 e. The molecule has 44 valence electrons. The van der Waals surface area contributed by atoms with Crippen LogP contribution in [0, 0.1) is 0 Å². The molecule has 0 aliphatic rings. The molecule has 0 aliphatic heterocycles. The van der Waals surface area contributed by atoms with Crippen LogP contribution in [0.3, 0.4) is 0 Å². The normalized spacial score (nSPS) is 9.12. The van der Waals surface area contributed by atoms with Crippen LogP contribution in [0.15, 0.2) is 0 Å². The average molecular weight is 130 g/mol. The second-order valence-electron chi connectivity index (χ2n) is 1.20. The van der Waals surface area contributed by atoms with Crippen LogP contribution >= 0.6 is 11.3 Å². The Morgan fingerprint density at radius 2 is 2.38 bits per heavy atom. The number of hydrogen-bond acceptors (Lipinski definition) is 5. The number of nitrogens with zero attached hydrogens (tertiary/aromatic N) is 2. The Balaban J connectivity index is 2.84. The summed E-state index contributed by atoms with van der Waals surface area (Å²) in [7, 11) is 1.78. The topological polar surface area (TPSA) is 63.8 Å². The SMILES string of the molecule is CNc1nnc(N)s1. The number of rotatable bonds is 1. The fourth-order valence-corrected chi connectivity index (χ4v) is 0.799. The quantitative estimate of drug-likeness (QED) is 0.568. The van der Waals surface area contributed by atoms with Crippen molar-refractivity contribution in [3.8, 4) is 0 Å². The van der Waals surface area contributed by atoms with E-state index in [0.29, 0.717) is 5.13 Å². The molecule has 0 aromatic carbocycles. The fraction of sp³-hybridized carbons (Fsp3) is 0.333. The standard InChI is InChI=1S/C3H6N4S/c1-5-3-7-6-2(4)8-3/h1H3,(H2,4,6)(H,5,7). The molecule has 1 rings (SSSR count). The van der Waals surface area contributed by atoms with Gasteiger partial charge in [0.05, 0.1) is 0 Å².